The summed E-state index contributed by atoms with van der Waals surface area (Å²) in [5.74, 6) is 0.628. The molecule has 22 heavy (non-hydrogen) atoms. The molecule has 2 rings (SSSR count). The molecule has 0 radical (unpaired) electrons. The first-order chi connectivity index (χ1) is 10.5. The van der Waals surface area contributed by atoms with Gasteiger partial charge in [0.25, 0.3) is 0 Å². The van der Waals surface area contributed by atoms with Gasteiger partial charge in [-0.05, 0) is 48.9 Å². The molecular formula is C17H21N3O2. The Kier molecular flexibility index (Phi) is 4.88. The molecule has 0 saturated carbocycles. The van der Waals surface area contributed by atoms with Gasteiger partial charge >= 0.3 is 6.03 Å². The van der Waals surface area contributed by atoms with Gasteiger partial charge in [0.15, 0.2) is 0 Å². The van der Waals surface area contributed by atoms with Crippen molar-refractivity contribution in [1.29, 1.82) is 0 Å². The van der Waals surface area contributed by atoms with Gasteiger partial charge in [-0.3, -0.25) is 0 Å². The normalized spacial score (nSPS) is 10.0. The lowest BCUT2D eigenvalue weighted by Gasteiger charge is -2.14. The summed E-state index contributed by atoms with van der Waals surface area (Å²) in [6, 6.07) is 12.9. The summed E-state index contributed by atoms with van der Waals surface area (Å²) in [5.41, 5.74) is 3.50. The molecule has 0 aliphatic rings. The van der Waals surface area contributed by atoms with E-state index in [-0.39, 0.29) is 6.03 Å². The molecule has 0 spiro atoms. The van der Waals surface area contributed by atoms with Crippen LogP contribution in [-0.2, 0) is 0 Å². The molecular weight excluding hydrogens is 278 g/mol. The molecule has 2 aromatic carbocycles. The van der Waals surface area contributed by atoms with Gasteiger partial charge in [0, 0.05) is 25.5 Å². The number of carbonyl (C=O) groups is 1. The lowest BCUT2D eigenvalue weighted by molar-refractivity contribution is 0.262. The smallest absolute Gasteiger partial charge is 0.323 e. The maximum absolute atomic E-state index is 12.1. The first-order valence-corrected chi connectivity index (χ1v) is 6.99. The van der Waals surface area contributed by atoms with Crippen LogP contribution in [0.1, 0.15) is 5.56 Å². The van der Waals surface area contributed by atoms with Crippen LogP contribution in [0.25, 0.3) is 0 Å². The van der Waals surface area contributed by atoms with E-state index in [4.69, 9.17) is 4.74 Å². The molecule has 2 amide bonds. The van der Waals surface area contributed by atoms with Gasteiger partial charge in [-0.25, -0.2) is 4.79 Å². The van der Waals surface area contributed by atoms with Crippen LogP contribution in [0, 0.1) is 6.92 Å². The van der Waals surface area contributed by atoms with Crippen LogP contribution in [0.15, 0.2) is 42.5 Å². The number of nitrogens with zero attached hydrogens (tertiary/aromatic N) is 1. The number of urea groups is 1. The molecule has 0 aromatic heterocycles. The van der Waals surface area contributed by atoms with E-state index in [1.807, 2.05) is 68.4 Å². The number of ether oxygens (including phenoxy) is 1. The summed E-state index contributed by atoms with van der Waals surface area (Å²) in [4.78, 5) is 14.1. The maximum Gasteiger partial charge on any atom is 0.323 e. The Bertz CT molecular complexity index is 651. The number of benzene rings is 2. The number of nitrogens with one attached hydrogen (secondary N) is 2. The Labute approximate surface area is 130 Å². The van der Waals surface area contributed by atoms with Crippen LogP contribution in [0.4, 0.5) is 21.9 Å². The van der Waals surface area contributed by atoms with Gasteiger partial charge in [-0.2, -0.15) is 0 Å². The minimum atomic E-state index is -0.304. The topological polar surface area (TPSA) is 53.6 Å². The summed E-state index contributed by atoms with van der Waals surface area (Å²) in [5, 5.41) is 5.61. The number of amides is 2. The lowest BCUT2D eigenvalue weighted by Crippen LogP contribution is -2.20. The second-order valence-corrected chi connectivity index (χ2v) is 5.22. The van der Waals surface area contributed by atoms with Crippen molar-refractivity contribution in [3.05, 3.63) is 48.0 Å². The summed E-state index contributed by atoms with van der Waals surface area (Å²) >= 11 is 0. The van der Waals surface area contributed by atoms with E-state index in [0.717, 1.165) is 16.9 Å². The average Bonchev–Trinajstić information content (AvgIpc) is 2.48. The van der Waals surface area contributed by atoms with E-state index >= 15 is 0 Å². The van der Waals surface area contributed by atoms with E-state index in [0.29, 0.717) is 11.4 Å². The number of methoxy groups -OCH3 is 1. The molecule has 116 valence electrons. The van der Waals surface area contributed by atoms with Crippen LogP contribution in [0.2, 0.25) is 0 Å². The molecule has 2 aromatic rings. The molecule has 0 saturated heterocycles. The first kappa shape index (κ1) is 15.7. The van der Waals surface area contributed by atoms with E-state index < -0.39 is 0 Å². The Morgan fingerprint density at radius 2 is 1.73 bits per heavy atom. The minimum Gasteiger partial charge on any atom is -0.495 e. The monoisotopic (exact) mass is 299 g/mol. The lowest BCUT2D eigenvalue weighted by atomic mass is 10.2. The Hall–Kier alpha value is -2.69. The number of rotatable bonds is 4. The van der Waals surface area contributed by atoms with Crippen molar-refractivity contribution in [3.63, 3.8) is 0 Å². The van der Waals surface area contributed by atoms with Crippen molar-refractivity contribution in [3.8, 4) is 5.75 Å². The highest BCUT2D eigenvalue weighted by Gasteiger charge is 2.08. The van der Waals surface area contributed by atoms with Gasteiger partial charge in [0.2, 0.25) is 0 Å². The largest absolute Gasteiger partial charge is 0.495 e. The van der Waals surface area contributed by atoms with Crippen LogP contribution < -0.4 is 20.3 Å². The molecule has 0 aliphatic carbocycles. The zero-order valence-corrected chi connectivity index (χ0v) is 13.3. The molecule has 5 heteroatoms. The van der Waals surface area contributed by atoms with E-state index in [1.54, 1.807) is 7.11 Å². The number of carbonyl (C=O) groups excluding carboxylic acids is 1. The van der Waals surface area contributed by atoms with Crippen LogP contribution in [0.5, 0.6) is 5.75 Å². The first-order valence-electron chi connectivity index (χ1n) is 6.99. The molecule has 0 fully saturated rings. The van der Waals surface area contributed by atoms with Crippen molar-refractivity contribution in [2.24, 2.45) is 0 Å². The molecule has 0 heterocycles. The predicted octanol–water partition coefficient (Wildman–Crippen LogP) is 3.71. The molecule has 0 bridgehead atoms. The number of anilines is 3. The number of hydrogen-bond acceptors (Lipinski definition) is 3. The molecule has 0 aliphatic heterocycles. The van der Waals surface area contributed by atoms with Crippen molar-refractivity contribution >= 4 is 23.1 Å². The maximum atomic E-state index is 12.1. The SMILES string of the molecule is COc1ccc(C)cc1NC(=O)Nc1ccc(N(C)C)cc1. The summed E-state index contributed by atoms with van der Waals surface area (Å²) in [6.45, 7) is 1.96. The van der Waals surface area contributed by atoms with Crippen molar-refractivity contribution < 1.29 is 9.53 Å². The highest BCUT2D eigenvalue weighted by Crippen LogP contribution is 2.25. The molecule has 0 atom stereocenters. The van der Waals surface area contributed by atoms with Crippen molar-refractivity contribution in [2.45, 2.75) is 6.92 Å². The van der Waals surface area contributed by atoms with E-state index in [9.17, 15) is 4.79 Å². The average molecular weight is 299 g/mol. The quantitative estimate of drug-likeness (QED) is 0.905. The minimum absolute atomic E-state index is 0.304. The third-order valence-electron chi connectivity index (χ3n) is 3.24. The second-order valence-electron chi connectivity index (χ2n) is 5.22. The Morgan fingerprint density at radius 3 is 2.32 bits per heavy atom. The highest BCUT2D eigenvalue weighted by atomic mass is 16.5. The second kappa shape index (κ2) is 6.85. The van der Waals surface area contributed by atoms with Crippen LogP contribution in [0.3, 0.4) is 0 Å². The van der Waals surface area contributed by atoms with Gasteiger partial charge in [0.1, 0.15) is 5.75 Å². The Balaban J connectivity index is 2.05. The molecule has 2 N–H and O–H groups in total. The van der Waals surface area contributed by atoms with E-state index in [2.05, 4.69) is 10.6 Å². The fourth-order valence-corrected chi connectivity index (χ4v) is 2.05. The zero-order valence-electron chi connectivity index (χ0n) is 13.3. The number of aryl methyl sites for hydroxylation is 1. The van der Waals surface area contributed by atoms with Crippen LogP contribution in [-0.4, -0.2) is 27.2 Å². The van der Waals surface area contributed by atoms with Crippen molar-refractivity contribution in [2.75, 3.05) is 36.7 Å². The zero-order chi connectivity index (χ0) is 16.1. The predicted molar refractivity (Wildman–Crippen MR) is 91.1 cm³/mol. The standard InChI is InChI=1S/C17H21N3O2/c1-12-5-10-16(22-4)15(11-12)19-17(21)18-13-6-8-14(9-7-13)20(2)3/h5-11H,1-4H3,(H2,18,19,21). The molecule has 0 unspecified atom stereocenters. The van der Waals surface area contributed by atoms with Crippen LogP contribution >= 0.6 is 0 Å². The van der Waals surface area contributed by atoms with Gasteiger partial charge in [-0.15, -0.1) is 0 Å². The summed E-state index contributed by atoms with van der Waals surface area (Å²) in [7, 11) is 5.52. The van der Waals surface area contributed by atoms with Crippen molar-refractivity contribution in [1.82, 2.24) is 0 Å². The van der Waals surface area contributed by atoms with E-state index in [1.165, 1.54) is 0 Å². The Morgan fingerprint density at radius 1 is 1.05 bits per heavy atom. The van der Waals surface area contributed by atoms with Gasteiger partial charge < -0.3 is 20.3 Å². The summed E-state index contributed by atoms with van der Waals surface area (Å²) < 4.78 is 5.25. The highest BCUT2D eigenvalue weighted by molar-refractivity contribution is 6.00. The van der Waals surface area contributed by atoms with Gasteiger partial charge in [0.05, 0.1) is 12.8 Å². The van der Waals surface area contributed by atoms with Gasteiger partial charge in [-0.1, -0.05) is 6.07 Å². The fraction of sp³-hybridized carbons (Fsp3) is 0.235. The summed E-state index contributed by atoms with van der Waals surface area (Å²) in [6.07, 6.45) is 0. The third-order valence-corrected chi connectivity index (χ3v) is 3.24. The fourth-order valence-electron chi connectivity index (χ4n) is 2.05. The number of hydrogen-bond donors (Lipinski definition) is 2. The molecule has 5 nitrogen and oxygen atoms in total. The third kappa shape index (κ3) is 3.91.